The highest BCUT2D eigenvalue weighted by Gasteiger charge is 2.40. The highest BCUT2D eigenvalue weighted by atomic mass is 16.5. The zero-order valence-electron chi connectivity index (χ0n) is 15.1. The van der Waals surface area contributed by atoms with Gasteiger partial charge in [-0.25, -0.2) is 0 Å². The first-order valence-corrected chi connectivity index (χ1v) is 8.97. The van der Waals surface area contributed by atoms with Crippen LogP contribution in [0.1, 0.15) is 41.6 Å². The lowest BCUT2D eigenvalue weighted by molar-refractivity contribution is -0.138. The Kier molecular flexibility index (Phi) is 4.99. The molecule has 0 aromatic heterocycles. The summed E-state index contributed by atoms with van der Waals surface area (Å²) in [5.74, 6) is 0.744. The Hall–Kier alpha value is -2.08. The van der Waals surface area contributed by atoms with E-state index in [-0.39, 0.29) is 11.8 Å². The van der Waals surface area contributed by atoms with Crippen LogP contribution in [-0.4, -0.2) is 60.4 Å². The minimum Gasteiger partial charge on any atom is -0.496 e. The van der Waals surface area contributed by atoms with Crippen LogP contribution in [0.4, 0.5) is 0 Å². The molecule has 3 rings (SSSR count). The summed E-state index contributed by atoms with van der Waals surface area (Å²) in [6.45, 7) is 4.12. The van der Waals surface area contributed by atoms with E-state index in [2.05, 4.69) is 0 Å². The number of hydrogen-bond acceptors (Lipinski definition) is 4. The normalized spacial score (nSPS) is 19.8. The number of hydrogen-bond donors (Lipinski definition) is 1. The second-order valence-corrected chi connectivity index (χ2v) is 7.13. The number of rotatable bonds is 3. The van der Waals surface area contributed by atoms with Crippen molar-refractivity contribution in [2.45, 2.75) is 38.1 Å². The quantitative estimate of drug-likeness (QED) is 0.902. The molecule has 6 nitrogen and oxygen atoms in total. The van der Waals surface area contributed by atoms with Crippen LogP contribution in [0, 0.1) is 6.92 Å². The van der Waals surface area contributed by atoms with Gasteiger partial charge >= 0.3 is 0 Å². The zero-order chi connectivity index (χ0) is 18.0. The molecule has 6 heteroatoms. The van der Waals surface area contributed by atoms with Crippen molar-refractivity contribution in [2.75, 3.05) is 33.3 Å². The number of carbonyl (C=O) groups is 2. The molecule has 0 spiro atoms. The van der Waals surface area contributed by atoms with Gasteiger partial charge in [0.05, 0.1) is 12.6 Å². The van der Waals surface area contributed by atoms with Gasteiger partial charge < -0.3 is 20.3 Å². The van der Waals surface area contributed by atoms with Crippen molar-refractivity contribution >= 4 is 11.8 Å². The molecule has 0 radical (unpaired) electrons. The highest BCUT2D eigenvalue weighted by molar-refractivity contribution is 5.95. The van der Waals surface area contributed by atoms with Crippen LogP contribution < -0.4 is 10.5 Å². The van der Waals surface area contributed by atoms with Gasteiger partial charge in [-0.1, -0.05) is 18.9 Å². The fourth-order valence-electron chi connectivity index (χ4n) is 3.78. The molecule has 1 aliphatic heterocycles. The van der Waals surface area contributed by atoms with Gasteiger partial charge in [0.2, 0.25) is 5.91 Å². The van der Waals surface area contributed by atoms with Gasteiger partial charge in [-0.15, -0.1) is 0 Å². The van der Waals surface area contributed by atoms with Crippen LogP contribution >= 0.6 is 0 Å². The number of carbonyl (C=O) groups excluding carboxylic acids is 2. The Bertz CT molecular complexity index is 660. The molecular weight excluding hydrogens is 318 g/mol. The average molecular weight is 345 g/mol. The summed E-state index contributed by atoms with van der Waals surface area (Å²) < 4.78 is 5.30. The molecule has 0 unspecified atom stereocenters. The first-order chi connectivity index (χ1) is 11.9. The van der Waals surface area contributed by atoms with E-state index in [0.29, 0.717) is 37.5 Å². The largest absolute Gasteiger partial charge is 0.496 e. The molecular formula is C19H27N3O3. The molecule has 0 atom stereocenters. The minimum atomic E-state index is -0.684. The van der Waals surface area contributed by atoms with E-state index in [1.165, 1.54) is 0 Å². The van der Waals surface area contributed by atoms with Crippen molar-refractivity contribution in [3.8, 4) is 5.75 Å². The SMILES string of the molecule is COc1cc(C(=O)N2CCN(C(=O)C3(N)CCCC3)CC2)ccc1C. The molecule has 2 N–H and O–H groups in total. The summed E-state index contributed by atoms with van der Waals surface area (Å²) in [5, 5.41) is 0. The predicted octanol–water partition coefficient (Wildman–Crippen LogP) is 1.56. The third kappa shape index (κ3) is 3.49. The Labute approximate surface area is 148 Å². The lowest BCUT2D eigenvalue weighted by Gasteiger charge is -2.38. The summed E-state index contributed by atoms with van der Waals surface area (Å²) >= 11 is 0. The first-order valence-electron chi connectivity index (χ1n) is 8.97. The maximum atomic E-state index is 12.7. The first kappa shape index (κ1) is 17.7. The Balaban J connectivity index is 1.62. The van der Waals surface area contributed by atoms with Gasteiger partial charge in [-0.05, 0) is 37.5 Å². The number of nitrogens with zero attached hydrogens (tertiary/aromatic N) is 2. The molecule has 0 bridgehead atoms. The van der Waals surface area contributed by atoms with Crippen molar-refractivity contribution < 1.29 is 14.3 Å². The molecule has 1 aromatic carbocycles. The third-order valence-electron chi connectivity index (χ3n) is 5.43. The molecule has 1 aliphatic carbocycles. The summed E-state index contributed by atoms with van der Waals surface area (Å²) in [6, 6.07) is 5.50. The van der Waals surface area contributed by atoms with Crippen LogP contribution in [-0.2, 0) is 4.79 Å². The van der Waals surface area contributed by atoms with E-state index >= 15 is 0 Å². The number of nitrogens with two attached hydrogens (primary N) is 1. The Morgan fingerprint density at radius 3 is 2.28 bits per heavy atom. The number of aryl methyl sites for hydroxylation is 1. The monoisotopic (exact) mass is 345 g/mol. The van der Waals surface area contributed by atoms with Crippen LogP contribution in [0.2, 0.25) is 0 Å². The number of amides is 2. The summed E-state index contributed by atoms with van der Waals surface area (Å²) in [4.78, 5) is 29.0. The summed E-state index contributed by atoms with van der Waals surface area (Å²) in [7, 11) is 1.60. The van der Waals surface area contributed by atoms with Gasteiger partial charge in [0.15, 0.2) is 0 Å². The van der Waals surface area contributed by atoms with Crippen LogP contribution in [0.5, 0.6) is 5.75 Å². The maximum Gasteiger partial charge on any atom is 0.254 e. The van der Waals surface area contributed by atoms with Gasteiger partial charge in [-0.3, -0.25) is 9.59 Å². The van der Waals surface area contributed by atoms with Gasteiger partial charge in [0.1, 0.15) is 5.75 Å². The third-order valence-corrected chi connectivity index (χ3v) is 5.43. The zero-order valence-corrected chi connectivity index (χ0v) is 15.1. The fourth-order valence-corrected chi connectivity index (χ4v) is 3.78. The topological polar surface area (TPSA) is 75.9 Å². The molecule has 2 aliphatic rings. The van der Waals surface area contributed by atoms with E-state index in [1.54, 1.807) is 18.1 Å². The van der Waals surface area contributed by atoms with Crippen molar-refractivity contribution in [3.63, 3.8) is 0 Å². The maximum absolute atomic E-state index is 12.7. The molecule has 1 heterocycles. The van der Waals surface area contributed by atoms with Crippen molar-refractivity contribution in [3.05, 3.63) is 29.3 Å². The summed E-state index contributed by atoms with van der Waals surface area (Å²) in [6.07, 6.45) is 3.59. The van der Waals surface area contributed by atoms with E-state index in [9.17, 15) is 9.59 Å². The molecule has 25 heavy (non-hydrogen) atoms. The lowest BCUT2D eigenvalue weighted by atomic mass is 9.97. The van der Waals surface area contributed by atoms with Crippen LogP contribution in [0.3, 0.4) is 0 Å². The predicted molar refractivity (Wildman–Crippen MR) is 95.6 cm³/mol. The number of ether oxygens (including phenoxy) is 1. The van der Waals surface area contributed by atoms with Crippen molar-refractivity contribution in [2.24, 2.45) is 5.73 Å². The van der Waals surface area contributed by atoms with Crippen LogP contribution in [0.25, 0.3) is 0 Å². The molecule has 2 fully saturated rings. The second kappa shape index (κ2) is 7.04. The number of methoxy groups -OCH3 is 1. The van der Waals surface area contributed by atoms with E-state index in [4.69, 9.17) is 10.5 Å². The Morgan fingerprint density at radius 1 is 1.08 bits per heavy atom. The molecule has 136 valence electrons. The van der Waals surface area contributed by atoms with E-state index < -0.39 is 5.54 Å². The van der Waals surface area contributed by atoms with E-state index in [0.717, 1.165) is 31.2 Å². The number of piperazine rings is 1. The Morgan fingerprint density at radius 2 is 1.68 bits per heavy atom. The van der Waals surface area contributed by atoms with Crippen molar-refractivity contribution in [1.82, 2.24) is 9.80 Å². The standard InChI is InChI=1S/C19H27N3O3/c1-14-5-6-15(13-16(14)25-2)17(23)21-9-11-22(12-10-21)18(24)19(20)7-3-4-8-19/h5-6,13H,3-4,7-12,20H2,1-2H3. The molecule has 2 amide bonds. The molecule has 1 saturated heterocycles. The lowest BCUT2D eigenvalue weighted by Crippen LogP contribution is -2.59. The van der Waals surface area contributed by atoms with Gasteiger partial charge in [0.25, 0.3) is 5.91 Å². The van der Waals surface area contributed by atoms with Crippen molar-refractivity contribution in [1.29, 1.82) is 0 Å². The second-order valence-electron chi connectivity index (χ2n) is 7.13. The highest BCUT2D eigenvalue weighted by Crippen LogP contribution is 2.29. The molecule has 1 saturated carbocycles. The number of benzene rings is 1. The fraction of sp³-hybridized carbons (Fsp3) is 0.579. The smallest absolute Gasteiger partial charge is 0.254 e. The average Bonchev–Trinajstić information content (AvgIpc) is 3.09. The van der Waals surface area contributed by atoms with Crippen LogP contribution in [0.15, 0.2) is 18.2 Å². The van der Waals surface area contributed by atoms with Gasteiger partial charge in [-0.2, -0.15) is 0 Å². The minimum absolute atomic E-state index is 0.0197. The van der Waals surface area contributed by atoms with Gasteiger partial charge in [0, 0.05) is 31.7 Å². The molecule has 1 aromatic rings. The summed E-state index contributed by atoms with van der Waals surface area (Å²) in [5.41, 5.74) is 7.21. The van der Waals surface area contributed by atoms with E-state index in [1.807, 2.05) is 24.0 Å².